The fourth-order valence-corrected chi connectivity index (χ4v) is 2.22. The lowest BCUT2D eigenvalue weighted by atomic mass is 10.4. The van der Waals surface area contributed by atoms with Gasteiger partial charge in [-0.3, -0.25) is 9.80 Å². The van der Waals surface area contributed by atoms with E-state index in [-0.39, 0.29) is 6.17 Å². The zero-order valence-electron chi connectivity index (χ0n) is 7.11. The Morgan fingerprint density at radius 3 is 1.18 bits per heavy atom. The summed E-state index contributed by atoms with van der Waals surface area (Å²) in [6.07, 6.45) is -0.201. The molecule has 0 amide bonds. The van der Waals surface area contributed by atoms with Crippen LogP contribution in [-0.2, 0) is 0 Å². The molecular weight excluding hydrogens is 206 g/mol. The third-order valence-corrected chi connectivity index (χ3v) is 1.86. The molecule has 0 aromatic carbocycles. The Morgan fingerprint density at radius 2 is 1.18 bits per heavy atom. The lowest BCUT2D eigenvalue weighted by Crippen LogP contribution is -2.49. The maximum absolute atomic E-state index is 5.74. The summed E-state index contributed by atoms with van der Waals surface area (Å²) in [6.45, 7) is 0. The molecule has 5 heteroatoms. The standard InChI is InChI=1S/C6H13Cl3N2/c1-10(2)5(11(3)4)6(7,8)9/h5H,1-4H3. The third-order valence-electron chi connectivity index (χ3n) is 1.27. The van der Waals surface area contributed by atoms with Crippen molar-refractivity contribution in [2.45, 2.75) is 9.96 Å². The number of halogens is 3. The largest absolute Gasteiger partial charge is 0.290 e. The van der Waals surface area contributed by atoms with Gasteiger partial charge in [-0.1, -0.05) is 34.8 Å². The molecular formula is C6H13Cl3N2. The van der Waals surface area contributed by atoms with Crippen molar-refractivity contribution >= 4 is 34.8 Å². The first-order chi connectivity index (χ1) is 4.76. The van der Waals surface area contributed by atoms with Crippen molar-refractivity contribution in [3.8, 4) is 0 Å². The van der Waals surface area contributed by atoms with Crippen LogP contribution in [0.25, 0.3) is 0 Å². The van der Waals surface area contributed by atoms with Gasteiger partial charge in [0.25, 0.3) is 0 Å². The molecule has 0 bridgehead atoms. The Bertz CT molecular complexity index is 111. The Kier molecular flexibility index (Phi) is 4.45. The maximum Gasteiger partial charge on any atom is 0.218 e. The highest BCUT2D eigenvalue weighted by Gasteiger charge is 2.35. The van der Waals surface area contributed by atoms with Crippen LogP contribution in [0.2, 0.25) is 0 Å². The van der Waals surface area contributed by atoms with Gasteiger partial charge in [-0.2, -0.15) is 0 Å². The Hall–Kier alpha value is 0.790. The van der Waals surface area contributed by atoms with Gasteiger partial charge in [-0.05, 0) is 28.2 Å². The Morgan fingerprint density at radius 1 is 0.909 bits per heavy atom. The molecule has 0 aliphatic heterocycles. The summed E-state index contributed by atoms with van der Waals surface area (Å²) in [7, 11) is 7.47. The van der Waals surface area contributed by atoms with E-state index in [1.807, 2.05) is 38.0 Å². The minimum absolute atomic E-state index is 0.201. The normalized spacial score (nSPS) is 13.6. The highest BCUT2D eigenvalue weighted by molar-refractivity contribution is 6.68. The van der Waals surface area contributed by atoms with E-state index in [9.17, 15) is 0 Å². The van der Waals surface area contributed by atoms with Crippen molar-refractivity contribution in [1.82, 2.24) is 9.80 Å². The van der Waals surface area contributed by atoms with E-state index in [0.29, 0.717) is 0 Å². The van der Waals surface area contributed by atoms with Crippen LogP contribution < -0.4 is 0 Å². The minimum Gasteiger partial charge on any atom is -0.290 e. The van der Waals surface area contributed by atoms with E-state index in [2.05, 4.69) is 0 Å². The average Bonchev–Trinajstić information content (AvgIpc) is 1.54. The second-order valence-electron chi connectivity index (χ2n) is 2.84. The first-order valence-electron chi connectivity index (χ1n) is 3.16. The molecule has 0 saturated carbocycles. The van der Waals surface area contributed by atoms with E-state index >= 15 is 0 Å². The summed E-state index contributed by atoms with van der Waals surface area (Å²) < 4.78 is -1.27. The number of alkyl halides is 3. The molecule has 68 valence electrons. The fraction of sp³-hybridized carbons (Fsp3) is 1.00. The summed E-state index contributed by atoms with van der Waals surface area (Å²) in [5, 5.41) is 0. The fourth-order valence-electron chi connectivity index (χ4n) is 1.05. The van der Waals surface area contributed by atoms with E-state index in [4.69, 9.17) is 34.8 Å². The molecule has 0 unspecified atom stereocenters. The van der Waals surface area contributed by atoms with Crippen LogP contribution in [0.3, 0.4) is 0 Å². The molecule has 0 fully saturated rings. The number of hydrogen-bond acceptors (Lipinski definition) is 2. The van der Waals surface area contributed by atoms with Gasteiger partial charge in [0.05, 0.1) is 0 Å². The predicted octanol–water partition coefficient (Wildman–Crippen LogP) is 1.81. The van der Waals surface area contributed by atoms with Crippen LogP contribution in [-0.4, -0.2) is 47.9 Å². The second kappa shape index (κ2) is 4.15. The molecule has 0 aliphatic carbocycles. The highest BCUT2D eigenvalue weighted by atomic mass is 35.6. The molecule has 0 spiro atoms. The van der Waals surface area contributed by atoms with Gasteiger partial charge in [0.15, 0.2) is 0 Å². The molecule has 0 heterocycles. The maximum atomic E-state index is 5.74. The molecule has 0 aliphatic rings. The molecule has 0 N–H and O–H groups in total. The van der Waals surface area contributed by atoms with Gasteiger partial charge in [-0.15, -0.1) is 0 Å². The molecule has 0 aromatic heterocycles. The molecule has 0 atom stereocenters. The van der Waals surface area contributed by atoms with Gasteiger partial charge in [0, 0.05) is 0 Å². The van der Waals surface area contributed by atoms with Crippen LogP contribution in [0, 0.1) is 0 Å². The van der Waals surface area contributed by atoms with E-state index in [1.165, 1.54) is 0 Å². The third kappa shape index (κ3) is 3.81. The van der Waals surface area contributed by atoms with Gasteiger partial charge in [0.2, 0.25) is 3.79 Å². The van der Waals surface area contributed by atoms with E-state index in [1.54, 1.807) is 0 Å². The lowest BCUT2D eigenvalue weighted by Gasteiger charge is -2.35. The summed E-state index contributed by atoms with van der Waals surface area (Å²) in [4.78, 5) is 3.71. The van der Waals surface area contributed by atoms with Gasteiger partial charge < -0.3 is 0 Å². The SMILES string of the molecule is CN(C)C(N(C)C)C(Cl)(Cl)Cl. The van der Waals surface area contributed by atoms with Gasteiger partial charge in [-0.25, -0.2) is 0 Å². The molecule has 0 aromatic rings. The first kappa shape index (κ1) is 11.8. The summed E-state index contributed by atoms with van der Waals surface area (Å²) >= 11 is 17.2. The lowest BCUT2D eigenvalue weighted by molar-refractivity contribution is 0.133. The van der Waals surface area contributed by atoms with Crippen LogP contribution >= 0.6 is 34.8 Å². The minimum atomic E-state index is -1.27. The van der Waals surface area contributed by atoms with E-state index < -0.39 is 3.79 Å². The monoisotopic (exact) mass is 218 g/mol. The number of hydrogen-bond donors (Lipinski definition) is 0. The number of nitrogens with zero attached hydrogens (tertiary/aromatic N) is 2. The quantitative estimate of drug-likeness (QED) is 0.516. The summed E-state index contributed by atoms with van der Waals surface area (Å²) in [6, 6.07) is 0. The van der Waals surface area contributed by atoms with Crippen LogP contribution in [0.1, 0.15) is 0 Å². The first-order valence-corrected chi connectivity index (χ1v) is 4.29. The molecule has 2 nitrogen and oxygen atoms in total. The van der Waals surface area contributed by atoms with Gasteiger partial charge in [0.1, 0.15) is 6.17 Å². The highest BCUT2D eigenvalue weighted by Crippen LogP contribution is 2.33. The zero-order valence-corrected chi connectivity index (χ0v) is 9.37. The Labute approximate surface area is 83.0 Å². The average molecular weight is 220 g/mol. The van der Waals surface area contributed by atoms with Crippen molar-refractivity contribution in [2.24, 2.45) is 0 Å². The Balaban J connectivity index is 4.35. The van der Waals surface area contributed by atoms with Crippen molar-refractivity contribution in [2.75, 3.05) is 28.2 Å². The van der Waals surface area contributed by atoms with Crippen molar-refractivity contribution in [3.63, 3.8) is 0 Å². The van der Waals surface area contributed by atoms with E-state index in [0.717, 1.165) is 0 Å². The van der Waals surface area contributed by atoms with Crippen LogP contribution in [0.15, 0.2) is 0 Å². The van der Waals surface area contributed by atoms with Gasteiger partial charge >= 0.3 is 0 Å². The second-order valence-corrected chi connectivity index (χ2v) is 5.21. The number of rotatable bonds is 2. The summed E-state index contributed by atoms with van der Waals surface area (Å²) in [5.41, 5.74) is 0. The molecule has 0 rings (SSSR count). The van der Waals surface area contributed by atoms with Crippen molar-refractivity contribution in [1.29, 1.82) is 0 Å². The molecule has 0 saturated heterocycles. The van der Waals surface area contributed by atoms with Crippen LogP contribution in [0.5, 0.6) is 0 Å². The van der Waals surface area contributed by atoms with Crippen molar-refractivity contribution in [3.05, 3.63) is 0 Å². The van der Waals surface area contributed by atoms with Crippen LogP contribution in [0.4, 0.5) is 0 Å². The zero-order chi connectivity index (χ0) is 9.23. The molecule has 0 radical (unpaired) electrons. The topological polar surface area (TPSA) is 6.48 Å². The van der Waals surface area contributed by atoms with Crippen molar-refractivity contribution < 1.29 is 0 Å². The summed E-state index contributed by atoms with van der Waals surface area (Å²) in [5.74, 6) is 0. The predicted molar refractivity (Wildman–Crippen MR) is 51.5 cm³/mol. The molecule has 11 heavy (non-hydrogen) atoms. The smallest absolute Gasteiger partial charge is 0.218 e.